The van der Waals surface area contributed by atoms with Gasteiger partial charge in [0.05, 0.1) is 23.1 Å². The van der Waals surface area contributed by atoms with Gasteiger partial charge in [-0.15, -0.1) is 0 Å². The molecule has 5 nitrogen and oxygen atoms in total. The normalized spacial score (nSPS) is 20.8. The van der Waals surface area contributed by atoms with Crippen LogP contribution in [-0.2, 0) is 10.0 Å². The van der Waals surface area contributed by atoms with Crippen LogP contribution in [0.25, 0.3) is 0 Å². The Labute approximate surface area is 146 Å². The van der Waals surface area contributed by atoms with Crippen molar-refractivity contribution in [1.82, 2.24) is 4.72 Å². The molecule has 0 spiro atoms. The standard InChI is InChI=1S/C18H30N2O3S/c1-12-8-15(9-13(2)16(12)23-7)24(21,22)19-14-10-17(3,4)20-18(5,6)11-14/h8-9,14,19-20H,10-11H2,1-7H3/p+1. The van der Waals surface area contributed by atoms with Crippen LogP contribution in [0, 0.1) is 13.8 Å². The first-order valence-electron chi connectivity index (χ1n) is 8.40. The molecule has 6 heteroatoms. The summed E-state index contributed by atoms with van der Waals surface area (Å²) in [7, 11) is -1.95. The molecule has 0 aliphatic carbocycles. The number of rotatable bonds is 4. The van der Waals surface area contributed by atoms with E-state index in [0.717, 1.165) is 29.7 Å². The summed E-state index contributed by atoms with van der Waals surface area (Å²) in [6, 6.07) is 3.30. The van der Waals surface area contributed by atoms with Crippen LogP contribution in [-0.4, -0.2) is 32.6 Å². The second-order valence-electron chi connectivity index (χ2n) is 8.44. The molecule has 1 fully saturated rings. The van der Waals surface area contributed by atoms with Crippen LogP contribution < -0.4 is 14.8 Å². The Hall–Kier alpha value is -1.11. The van der Waals surface area contributed by atoms with E-state index < -0.39 is 10.0 Å². The molecule has 24 heavy (non-hydrogen) atoms. The molecular weight excluding hydrogens is 324 g/mol. The minimum atomic E-state index is -3.55. The zero-order valence-electron chi connectivity index (χ0n) is 15.9. The summed E-state index contributed by atoms with van der Waals surface area (Å²) < 4.78 is 34.0. The number of aryl methyl sites for hydroxylation is 2. The summed E-state index contributed by atoms with van der Waals surface area (Å²) in [6.07, 6.45) is 1.62. The maximum Gasteiger partial charge on any atom is 0.240 e. The number of benzene rings is 1. The lowest BCUT2D eigenvalue weighted by atomic mass is 9.80. The highest BCUT2D eigenvalue weighted by Gasteiger charge is 2.42. The van der Waals surface area contributed by atoms with Crippen molar-refractivity contribution >= 4 is 10.0 Å². The molecule has 3 N–H and O–H groups in total. The quantitative estimate of drug-likeness (QED) is 0.866. The molecule has 1 aromatic rings. The van der Waals surface area contributed by atoms with Crippen molar-refractivity contribution in [2.24, 2.45) is 0 Å². The van der Waals surface area contributed by atoms with Crippen molar-refractivity contribution < 1.29 is 18.5 Å². The van der Waals surface area contributed by atoms with Gasteiger partial charge in [0.2, 0.25) is 10.0 Å². The molecule has 1 aliphatic rings. The van der Waals surface area contributed by atoms with Crippen molar-refractivity contribution in [3.05, 3.63) is 23.3 Å². The highest BCUT2D eigenvalue weighted by atomic mass is 32.2. The number of hydrogen-bond donors (Lipinski definition) is 2. The fourth-order valence-corrected chi connectivity index (χ4v) is 5.68. The summed E-state index contributed by atoms with van der Waals surface area (Å²) in [5.41, 5.74) is 1.69. The van der Waals surface area contributed by atoms with E-state index in [-0.39, 0.29) is 17.1 Å². The third-order valence-corrected chi connectivity index (χ3v) is 6.10. The molecule has 136 valence electrons. The number of nitrogens with one attached hydrogen (secondary N) is 1. The number of methoxy groups -OCH3 is 1. The fraction of sp³-hybridized carbons (Fsp3) is 0.667. The van der Waals surface area contributed by atoms with Crippen molar-refractivity contribution in [2.75, 3.05) is 7.11 Å². The highest BCUT2D eigenvalue weighted by Crippen LogP contribution is 2.28. The first kappa shape index (κ1) is 19.2. The summed E-state index contributed by atoms with van der Waals surface area (Å²) >= 11 is 0. The van der Waals surface area contributed by atoms with Gasteiger partial charge in [0.25, 0.3) is 0 Å². The average molecular weight is 356 g/mol. The first-order chi connectivity index (χ1) is 10.9. The van der Waals surface area contributed by atoms with Gasteiger partial charge in [-0.3, -0.25) is 0 Å². The van der Waals surface area contributed by atoms with Crippen LogP contribution in [0.3, 0.4) is 0 Å². The minimum Gasteiger partial charge on any atom is -0.496 e. The third kappa shape index (κ3) is 4.29. The van der Waals surface area contributed by atoms with Gasteiger partial charge in [-0.2, -0.15) is 0 Å². The molecule has 1 aromatic carbocycles. The Kier molecular flexibility index (Phi) is 5.06. The monoisotopic (exact) mass is 355 g/mol. The number of piperidine rings is 1. The van der Waals surface area contributed by atoms with Gasteiger partial charge >= 0.3 is 0 Å². The third-order valence-electron chi connectivity index (χ3n) is 4.60. The van der Waals surface area contributed by atoms with Crippen molar-refractivity contribution in [3.8, 4) is 5.75 Å². The van der Waals surface area contributed by atoms with Crippen LogP contribution in [0.2, 0.25) is 0 Å². The van der Waals surface area contributed by atoms with E-state index in [1.165, 1.54) is 0 Å². The molecule has 1 aliphatic heterocycles. The number of nitrogens with two attached hydrogens (primary N) is 1. The summed E-state index contributed by atoms with van der Waals surface area (Å²) in [6.45, 7) is 12.4. The molecule has 0 unspecified atom stereocenters. The predicted octanol–water partition coefficient (Wildman–Crippen LogP) is 1.87. The van der Waals surface area contributed by atoms with Gasteiger partial charge < -0.3 is 10.1 Å². The van der Waals surface area contributed by atoms with Crippen LogP contribution in [0.5, 0.6) is 5.75 Å². The zero-order valence-corrected chi connectivity index (χ0v) is 16.7. The molecule has 0 radical (unpaired) electrons. The average Bonchev–Trinajstić information content (AvgIpc) is 2.33. The molecular formula is C18H31N2O3S+. The highest BCUT2D eigenvalue weighted by molar-refractivity contribution is 7.89. The Morgan fingerprint density at radius 2 is 1.54 bits per heavy atom. The summed E-state index contributed by atoms with van der Waals surface area (Å²) in [5.74, 6) is 0.739. The van der Waals surface area contributed by atoms with Crippen LogP contribution in [0.15, 0.2) is 17.0 Å². The fourth-order valence-electron chi connectivity index (χ4n) is 4.28. The van der Waals surface area contributed by atoms with E-state index in [0.29, 0.717) is 4.90 Å². The van der Waals surface area contributed by atoms with E-state index >= 15 is 0 Å². The lowest BCUT2D eigenvalue weighted by molar-refractivity contribution is -0.787. The molecule has 0 saturated carbocycles. The minimum absolute atomic E-state index is 0.0146. The molecule has 1 heterocycles. The van der Waals surface area contributed by atoms with E-state index in [4.69, 9.17) is 4.74 Å². The van der Waals surface area contributed by atoms with Crippen molar-refractivity contribution in [2.45, 2.75) is 76.4 Å². The van der Waals surface area contributed by atoms with Crippen LogP contribution >= 0.6 is 0 Å². The Morgan fingerprint density at radius 3 is 1.96 bits per heavy atom. The second kappa shape index (κ2) is 6.32. The van der Waals surface area contributed by atoms with E-state index in [2.05, 4.69) is 37.7 Å². The molecule has 0 amide bonds. The van der Waals surface area contributed by atoms with E-state index in [1.807, 2.05) is 13.8 Å². The van der Waals surface area contributed by atoms with Crippen LogP contribution in [0.1, 0.15) is 51.7 Å². The topological polar surface area (TPSA) is 72.0 Å². The van der Waals surface area contributed by atoms with E-state index in [1.54, 1.807) is 19.2 Å². The van der Waals surface area contributed by atoms with Gasteiger partial charge in [0, 0.05) is 18.9 Å². The number of hydrogen-bond acceptors (Lipinski definition) is 3. The predicted molar refractivity (Wildman–Crippen MR) is 95.9 cm³/mol. The number of quaternary nitrogens is 1. The molecule has 2 rings (SSSR count). The molecule has 0 aromatic heterocycles. The number of ether oxygens (including phenoxy) is 1. The Morgan fingerprint density at radius 1 is 1.08 bits per heavy atom. The Bertz CT molecular complexity index is 685. The largest absolute Gasteiger partial charge is 0.496 e. The Balaban J connectivity index is 2.29. The van der Waals surface area contributed by atoms with Crippen molar-refractivity contribution in [3.63, 3.8) is 0 Å². The lowest BCUT2D eigenvalue weighted by Gasteiger charge is -2.43. The SMILES string of the molecule is COc1c(C)cc(S(=O)(=O)NC2CC(C)(C)[NH2+]C(C)(C)C2)cc1C. The van der Waals surface area contributed by atoms with Gasteiger partial charge in [-0.25, -0.2) is 13.1 Å². The smallest absolute Gasteiger partial charge is 0.240 e. The molecule has 1 saturated heterocycles. The zero-order chi connectivity index (χ0) is 18.3. The lowest BCUT2D eigenvalue weighted by Crippen LogP contribution is -3.06. The molecule has 0 bridgehead atoms. The van der Waals surface area contributed by atoms with Gasteiger partial charge in [-0.1, -0.05) is 0 Å². The number of sulfonamides is 1. The summed E-state index contributed by atoms with van der Waals surface area (Å²) in [5, 5.41) is 2.34. The van der Waals surface area contributed by atoms with E-state index in [9.17, 15) is 8.42 Å². The van der Waals surface area contributed by atoms with Gasteiger partial charge in [0.15, 0.2) is 0 Å². The van der Waals surface area contributed by atoms with Gasteiger partial charge in [0.1, 0.15) is 5.75 Å². The van der Waals surface area contributed by atoms with Crippen LogP contribution in [0.4, 0.5) is 0 Å². The second-order valence-corrected chi connectivity index (χ2v) is 10.2. The maximum atomic E-state index is 12.9. The van der Waals surface area contributed by atoms with Gasteiger partial charge in [-0.05, 0) is 64.8 Å². The first-order valence-corrected chi connectivity index (χ1v) is 9.88. The summed E-state index contributed by atoms with van der Waals surface area (Å²) in [4.78, 5) is 0.309. The molecule has 0 atom stereocenters. The van der Waals surface area contributed by atoms with Crippen molar-refractivity contribution in [1.29, 1.82) is 0 Å². The maximum absolute atomic E-state index is 12.9.